The van der Waals surface area contributed by atoms with Crippen LogP contribution in [0, 0.1) is 0 Å². The van der Waals surface area contributed by atoms with Crippen LogP contribution in [0.1, 0.15) is 60.9 Å². The maximum atomic E-state index is 13.6. The van der Waals surface area contributed by atoms with Crippen molar-refractivity contribution >= 4 is 15.9 Å². The summed E-state index contributed by atoms with van der Waals surface area (Å²) in [4.78, 5) is 16.1. The SMILES string of the molecule is COc1ccc(S(=O)(=O)NC2CC2)cc1C(=O)NC12CCCC(CC1)N2Cc1ccccc1. The zero-order chi connectivity index (χ0) is 23.1. The van der Waals surface area contributed by atoms with E-state index < -0.39 is 15.7 Å². The minimum absolute atomic E-state index is 0.00234. The molecule has 5 rings (SSSR count). The molecule has 8 heteroatoms. The van der Waals surface area contributed by atoms with Gasteiger partial charge in [-0.2, -0.15) is 0 Å². The third-order valence-corrected chi connectivity index (χ3v) is 8.69. The lowest BCUT2D eigenvalue weighted by Crippen LogP contribution is -2.60. The molecular formula is C25H31N3O4S. The Kier molecular flexibility index (Phi) is 5.93. The van der Waals surface area contributed by atoms with Gasteiger partial charge in [-0.3, -0.25) is 9.69 Å². The van der Waals surface area contributed by atoms with E-state index in [0.29, 0.717) is 11.8 Å². The molecule has 2 N–H and O–H groups in total. The average molecular weight is 470 g/mol. The predicted octanol–water partition coefficient (Wildman–Crippen LogP) is 3.41. The molecule has 33 heavy (non-hydrogen) atoms. The number of rotatable bonds is 8. The van der Waals surface area contributed by atoms with Gasteiger partial charge in [0.2, 0.25) is 10.0 Å². The Balaban J connectivity index is 1.42. The molecule has 2 aliphatic heterocycles. The fraction of sp³-hybridized carbons (Fsp3) is 0.480. The highest BCUT2D eigenvalue weighted by Crippen LogP contribution is 2.43. The Morgan fingerprint density at radius 3 is 2.61 bits per heavy atom. The first-order valence-corrected chi connectivity index (χ1v) is 13.2. The molecule has 0 radical (unpaired) electrons. The zero-order valence-corrected chi connectivity index (χ0v) is 19.7. The Labute approximate surface area is 195 Å². The molecule has 3 aliphatic rings. The average Bonchev–Trinajstić information content (AvgIpc) is 3.60. The van der Waals surface area contributed by atoms with Crippen molar-refractivity contribution < 1.29 is 17.9 Å². The first-order chi connectivity index (χ1) is 15.9. The number of nitrogens with zero attached hydrogens (tertiary/aromatic N) is 1. The molecule has 2 unspecified atom stereocenters. The van der Waals surface area contributed by atoms with E-state index in [-0.39, 0.29) is 22.4 Å². The molecule has 2 atom stereocenters. The molecule has 0 aromatic heterocycles. The first-order valence-electron chi connectivity index (χ1n) is 11.7. The molecule has 3 fully saturated rings. The number of nitrogens with one attached hydrogen (secondary N) is 2. The predicted molar refractivity (Wildman–Crippen MR) is 125 cm³/mol. The quantitative estimate of drug-likeness (QED) is 0.619. The number of methoxy groups -OCH3 is 1. The standard InChI is InChI=1S/C25H31N3O4S/c1-32-23-12-11-21(33(30,31)27-19-9-10-19)16-22(23)24(29)26-25-14-5-8-20(13-15-25)28(25)17-18-6-3-2-4-7-18/h2-4,6-7,11-12,16,19-20,27H,5,8-10,13-15,17H2,1H3,(H,26,29). The lowest BCUT2D eigenvalue weighted by Gasteiger charge is -2.45. The van der Waals surface area contributed by atoms with Gasteiger partial charge in [0.25, 0.3) is 5.91 Å². The number of hydrogen-bond acceptors (Lipinski definition) is 5. The number of piperidine rings is 1. The van der Waals surface area contributed by atoms with Gasteiger partial charge < -0.3 is 10.1 Å². The molecule has 1 saturated carbocycles. The Bertz CT molecular complexity index is 1130. The highest BCUT2D eigenvalue weighted by molar-refractivity contribution is 7.89. The molecule has 1 aliphatic carbocycles. The molecule has 0 spiro atoms. The van der Waals surface area contributed by atoms with Crippen LogP contribution in [0.4, 0.5) is 0 Å². The summed E-state index contributed by atoms with van der Waals surface area (Å²) in [6.07, 6.45) is 6.71. The van der Waals surface area contributed by atoms with Crippen LogP contribution in [0.5, 0.6) is 5.75 Å². The summed E-state index contributed by atoms with van der Waals surface area (Å²) < 4.78 is 33.6. The summed E-state index contributed by atoms with van der Waals surface area (Å²) in [6, 6.07) is 15.3. The van der Waals surface area contributed by atoms with Crippen LogP contribution in [0.25, 0.3) is 0 Å². The number of amides is 1. The van der Waals surface area contributed by atoms with E-state index in [2.05, 4.69) is 27.1 Å². The van der Waals surface area contributed by atoms with Gasteiger partial charge in [-0.05, 0) is 68.7 Å². The van der Waals surface area contributed by atoms with Crippen molar-refractivity contribution in [2.45, 2.75) is 74.1 Å². The van der Waals surface area contributed by atoms with E-state index in [1.807, 2.05) is 18.2 Å². The molecule has 2 heterocycles. The van der Waals surface area contributed by atoms with Gasteiger partial charge in [0.15, 0.2) is 0 Å². The van der Waals surface area contributed by atoms with E-state index in [1.165, 1.54) is 24.8 Å². The molecule has 2 saturated heterocycles. The van der Waals surface area contributed by atoms with Crippen LogP contribution in [-0.4, -0.2) is 44.1 Å². The number of benzene rings is 2. The highest BCUT2D eigenvalue weighted by Gasteiger charge is 2.49. The van der Waals surface area contributed by atoms with Gasteiger partial charge in [0, 0.05) is 18.6 Å². The highest BCUT2D eigenvalue weighted by atomic mass is 32.2. The van der Waals surface area contributed by atoms with Crippen molar-refractivity contribution in [3.8, 4) is 5.75 Å². The topological polar surface area (TPSA) is 87.7 Å². The van der Waals surface area contributed by atoms with E-state index in [9.17, 15) is 13.2 Å². The number of hydrogen-bond donors (Lipinski definition) is 2. The summed E-state index contributed by atoms with van der Waals surface area (Å²) in [5.74, 6) is 0.0742. The lowest BCUT2D eigenvalue weighted by atomic mass is 9.95. The van der Waals surface area contributed by atoms with Crippen molar-refractivity contribution in [3.05, 3.63) is 59.7 Å². The van der Waals surface area contributed by atoms with Crippen molar-refractivity contribution in [2.24, 2.45) is 0 Å². The van der Waals surface area contributed by atoms with Crippen molar-refractivity contribution in [1.82, 2.24) is 14.9 Å². The summed E-state index contributed by atoms with van der Waals surface area (Å²) in [5.41, 5.74) is 1.04. The number of fused-ring (bicyclic) bond motifs is 2. The van der Waals surface area contributed by atoms with Crippen LogP contribution < -0.4 is 14.8 Å². The number of carbonyl (C=O) groups excluding carboxylic acids is 1. The van der Waals surface area contributed by atoms with Crippen molar-refractivity contribution in [2.75, 3.05) is 7.11 Å². The molecule has 1 amide bonds. The van der Waals surface area contributed by atoms with Gasteiger partial charge in [0.1, 0.15) is 5.75 Å². The Hall–Kier alpha value is -2.42. The van der Waals surface area contributed by atoms with Crippen LogP contribution in [0.2, 0.25) is 0 Å². The van der Waals surface area contributed by atoms with Gasteiger partial charge in [0.05, 0.1) is 23.2 Å². The number of ether oxygens (including phenoxy) is 1. The van der Waals surface area contributed by atoms with Crippen LogP contribution in [0.3, 0.4) is 0 Å². The largest absolute Gasteiger partial charge is 0.496 e. The number of carbonyl (C=O) groups is 1. The molecule has 2 aromatic rings. The van der Waals surface area contributed by atoms with E-state index >= 15 is 0 Å². The molecule has 176 valence electrons. The maximum absolute atomic E-state index is 13.6. The van der Waals surface area contributed by atoms with E-state index in [0.717, 1.165) is 51.5 Å². The first kappa shape index (κ1) is 22.4. The minimum Gasteiger partial charge on any atom is -0.496 e. The van der Waals surface area contributed by atoms with Crippen LogP contribution in [-0.2, 0) is 16.6 Å². The zero-order valence-electron chi connectivity index (χ0n) is 18.9. The minimum atomic E-state index is -3.67. The van der Waals surface area contributed by atoms with Gasteiger partial charge >= 0.3 is 0 Å². The van der Waals surface area contributed by atoms with Crippen LogP contribution in [0.15, 0.2) is 53.4 Å². The Morgan fingerprint density at radius 1 is 1.09 bits per heavy atom. The normalized spacial score (nSPS) is 25.1. The third-order valence-electron chi connectivity index (χ3n) is 7.18. The molecule has 7 nitrogen and oxygen atoms in total. The van der Waals surface area contributed by atoms with Crippen molar-refractivity contribution in [3.63, 3.8) is 0 Å². The van der Waals surface area contributed by atoms with Gasteiger partial charge in [-0.15, -0.1) is 0 Å². The summed E-state index contributed by atoms with van der Waals surface area (Å²) in [5, 5.41) is 3.31. The van der Waals surface area contributed by atoms with Crippen LogP contribution >= 0.6 is 0 Å². The summed E-state index contributed by atoms with van der Waals surface area (Å²) in [6.45, 7) is 0.780. The maximum Gasteiger partial charge on any atom is 0.256 e. The fourth-order valence-corrected chi connectivity index (χ4v) is 6.64. The second-order valence-corrected chi connectivity index (χ2v) is 11.2. The molecule has 2 bridgehead atoms. The summed E-state index contributed by atoms with van der Waals surface area (Å²) >= 11 is 0. The van der Waals surface area contributed by atoms with Gasteiger partial charge in [-0.1, -0.05) is 30.3 Å². The van der Waals surface area contributed by atoms with E-state index in [4.69, 9.17) is 4.74 Å². The second kappa shape index (κ2) is 8.74. The molecular weight excluding hydrogens is 438 g/mol. The monoisotopic (exact) mass is 469 g/mol. The van der Waals surface area contributed by atoms with Crippen molar-refractivity contribution in [1.29, 1.82) is 0 Å². The smallest absolute Gasteiger partial charge is 0.256 e. The fourth-order valence-electron chi connectivity index (χ4n) is 5.31. The third kappa shape index (κ3) is 4.52. The lowest BCUT2D eigenvalue weighted by molar-refractivity contribution is 0.0184. The van der Waals surface area contributed by atoms with E-state index in [1.54, 1.807) is 6.07 Å². The Morgan fingerprint density at radius 2 is 1.88 bits per heavy atom. The number of sulfonamides is 1. The second-order valence-electron chi connectivity index (χ2n) is 9.44. The van der Waals surface area contributed by atoms with Gasteiger partial charge in [-0.25, -0.2) is 13.1 Å². The summed E-state index contributed by atoms with van der Waals surface area (Å²) in [7, 11) is -2.18. The molecule has 2 aromatic carbocycles.